The Morgan fingerprint density at radius 2 is 2.35 bits per heavy atom. The lowest BCUT2D eigenvalue weighted by Crippen LogP contribution is -2.23. The van der Waals surface area contributed by atoms with Crippen molar-refractivity contribution in [3.05, 3.63) is 29.8 Å². The van der Waals surface area contributed by atoms with Crippen LogP contribution in [0.1, 0.15) is 16.8 Å². The van der Waals surface area contributed by atoms with Gasteiger partial charge in [-0.2, -0.15) is 0 Å². The molecule has 0 amide bonds. The average Bonchev–Trinajstić information content (AvgIpc) is 2.74. The second-order valence-electron chi connectivity index (χ2n) is 4.46. The van der Waals surface area contributed by atoms with Gasteiger partial charge in [0, 0.05) is 18.3 Å². The van der Waals surface area contributed by atoms with E-state index in [1.165, 1.54) is 7.11 Å². The number of nitrogens with one attached hydrogen (secondary N) is 1. The van der Waals surface area contributed by atoms with Gasteiger partial charge < -0.3 is 15.0 Å². The van der Waals surface area contributed by atoms with Crippen LogP contribution in [0.5, 0.6) is 0 Å². The number of carbonyl (C=O) groups is 1. The molecule has 1 aromatic rings. The maximum atomic E-state index is 11.4. The van der Waals surface area contributed by atoms with Crippen LogP contribution in [-0.4, -0.2) is 44.2 Å². The van der Waals surface area contributed by atoms with E-state index in [1.807, 2.05) is 18.2 Å². The highest BCUT2D eigenvalue weighted by Crippen LogP contribution is 2.16. The lowest BCUT2D eigenvalue weighted by Gasteiger charge is -2.14. The van der Waals surface area contributed by atoms with Gasteiger partial charge >= 0.3 is 5.97 Å². The quantitative estimate of drug-likeness (QED) is 0.806. The number of benzene rings is 1. The highest BCUT2D eigenvalue weighted by atomic mass is 16.5. The van der Waals surface area contributed by atoms with Crippen molar-refractivity contribution in [3.63, 3.8) is 0 Å². The highest BCUT2D eigenvalue weighted by Gasteiger charge is 2.19. The Hall–Kier alpha value is -1.55. The van der Waals surface area contributed by atoms with Crippen molar-refractivity contribution in [1.82, 2.24) is 4.90 Å². The maximum absolute atomic E-state index is 11.4. The third kappa shape index (κ3) is 2.97. The Balaban J connectivity index is 2.03. The van der Waals surface area contributed by atoms with Crippen LogP contribution >= 0.6 is 0 Å². The first-order valence-electron chi connectivity index (χ1n) is 5.82. The minimum absolute atomic E-state index is 0.294. The van der Waals surface area contributed by atoms with Crippen molar-refractivity contribution >= 4 is 11.7 Å². The van der Waals surface area contributed by atoms with Crippen LogP contribution < -0.4 is 5.32 Å². The second kappa shape index (κ2) is 5.19. The summed E-state index contributed by atoms with van der Waals surface area (Å²) >= 11 is 0. The van der Waals surface area contributed by atoms with E-state index in [1.54, 1.807) is 6.07 Å². The summed E-state index contributed by atoms with van der Waals surface area (Å²) in [4.78, 5) is 13.7. The van der Waals surface area contributed by atoms with Crippen LogP contribution in [0.2, 0.25) is 0 Å². The van der Waals surface area contributed by atoms with E-state index in [0.29, 0.717) is 11.6 Å². The van der Waals surface area contributed by atoms with Crippen LogP contribution in [-0.2, 0) is 4.74 Å². The number of ether oxygens (including phenoxy) is 1. The highest BCUT2D eigenvalue weighted by molar-refractivity contribution is 5.90. The van der Waals surface area contributed by atoms with Crippen LogP contribution in [0.15, 0.2) is 24.3 Å². The summed E-state index contributed by atoms with van der Waals surface area (Å²) in [5.74, 6) is -0.294. The number of hydrogen-bond donors (Lipinski definition) is 1. The van der Waals surface area contributed by atoms with Crippen molar-refractivity contribution < 1.29 is 9.53 Å². The predicted octanol–water partition coefficient (Wildman–Crippen LogP) is 1.59. The normalized spacial score (nSPS) is 20.2. The number of hydrogen-bond acceptors (Lipinski definition) is 4. The molecule has 4 nitrogen and oxygen atoms in total. The molecule has 0 aliphatic carbocycles. The molecule has 1 N–H and O–H groups in total. The molecule has 1 fully saturated rings. The number of likely N-dealkylation sites (tertiary alicyclic amines) is 1. The number of anilines is 1. The zero-order valence-corrected chi connectivity index (χ0v) is 10.3. The summed E-state index contributed by atoms with van der Waals surface area (Å²) in [6.07, 6.45) is 1.14. The molecule has 1 aromatic carbocycles. The summed E-state index contributed by atoms with van der Waals surface area (Å²) in [6, 6.07) is 7.91. The Morgan fingerprint density at radius 3 is 3.00 bits per heavy atom. The van der Waals surface area contributed by atoms with Crippen molar-refractivity contribution in [3.8, 4) is 0 Å². The fraction of sp³-hybridized carbons (Fsp3) is 0.462. The van der Waals surface area contributed by atoms with E-state index >= 15 is 0 Å². The molecule has 0 saturated carbocycles. The first-order chi connectivity index (χ1) is 8.19. The Bertz CT molecular complexity index is 406. The Kier molecular flexibility index (Phi) is 3.64. The number of methoxy groups -OCH3 is 1. The third-order valence-electron chi connectivity index (χ3n) is 3.05. The fourth-order valence-corrected chi connectivity index (χ4v) is 2.14. The molecule has 0 aromatic heterocycles. The second-order valence-corrected chi connectivity index (χ2v) is 4.46. The van der Waals surface area contributed by atoms with Gasteiger partial charge in [-0.15, -0.1) is 0 Å². The van der Waals surface area contributed by atoms with Crippen molar-refractivity contribution in [2.45, 2.75) is 12.5 Å². The number of esters is 1. The van der Waals surface area contributed by atoms with Gasteiger partial charge in [0.15, 0.2) is 0 Å². The van der Waals surface area contributed by atoms with Crippen LogP contribution in [0.25, 0.3) is 0 Å². The number of likely N-dealkylation sites (N-methyl/N-ethyl adjacent to an activating group) is 1. The third-order valence-corrected chi connectivity index (χ3v) is 3.05. The van der Waals surface area contributed by atoms with Crippen molar-refractivity contribution in [2.24, 2.45) is 0 Å². The zero-order chi connectivity index (χ0) is 12.3. The lowest BCUT2D eigenvalue weighted by atomic mass is 10.2. The maximum Gasteiger partial charge on any atom is 0.337 e. The van der Waals surface area contributed by atoms with Gasteiger partial charge in [0.1, 0.15) is 0 Å². The lowest BCUT2D eigenvalue weighted by molar-refractivity contribution is 0.0601. The minimum atomic E-state index is -0.294. The van der Waals surface area contributed by atoms with Crippen LogP contribution in [0.4, 0.5) is 5.69 Å². The van der Waals surface area contributed by atoms with E-state index < -0.39 is 0 Å². The molecule has 92 valence electrons. The molecular formula is C13H18N2O2. The molecule has 1 atom stereocenters. The number of rotatable bonds is 3. The molecule has 1 aliphatic rings. The SMILES string of the molecule is COC(=O)c1cccc(NC2CCN(C)C2)c1. The van der Waals surface area contributed by atoms with Gasteiger partial charge in [0.05, 0.1) is 12.7 Å². The molecule has 1 saturated heterocycles. The van der Waals surface area contributed by atoms with Gasteiger partial charge in [-0.3, -0.25) is 0 Å². The molecule has 2 rings (SSSR count). The molecule has 0 bridgehead atoms. The van der Waals surface area contributed by atoms with Crippen molar-refractivity contribution in [1.29, 1.82) is 0 Å². The molecule has 0 radical (unpaired) electrons. The fourth-order valence-electron chi connectivity index (χ4n) is 2.14. The van der Waals surface area contributed by atoms with E-state index in [9.17, 15) is 4.79 Å². The molecule has 1 heterocycles. The Labute approximate surface area is 102 Å². The first kappa shape index (κ1) is 11.9. The first-order valence-corrected chi connectivity index (χ1v) is 5.82. The summed E-state index contributed by atoms with van der Waals surface area (Å²) < 4.78 is 4.70. The topological polar surface area (TPSA) is 41.6 Å². The molecule has 0 spiro atoms. The van der Waals surface area contributed by atoms with E-state index in [2.05, 4.69) is 17.3 Å². The van der Waals surface area contributed by atoms with Crippen molar-refractivity contribution in [2.75, 3.05) is 32.6 Å². The largest absolute Gasteiger partial charge is 0.465 e. The van der Waals surface area contributed by atoms with Gasteiger partial charge in [-0.1, -0.05) is 6.07 Å². The van der Waals surface area contributed by atoms with Gasteiger partial charge in [-0.25, -0.2) is 4.79 Å². The van der Waals surface area contributed by atoms with Gasteiger partial charge in [0.25, 0.3) is 0 Å². The molecule has 4 heteroatoms. The zero-order valence-electron chi connectivity index (χ0n) is 10.3. The minimum Gasteiger partial charge on any atom is -0.465 e. The molecule has 17 heavy (non-hydrogen) atoms. The molecular weight excluding hydrogens is 216 g/mol. The van der Waals surface area contributed by atoms with Gasteiger partial charge in [0.2, 0.25) is 0 Å². The van der Waals surface area contributed by atoms with E-state index in [0.717, 1.165) is 25.2 Å². The summed E-state index contributed by atoms with van der Waals surface area (Å²) in [5.41, 5.74) is 1.57. The number of carbonyl (C=O) groups excluding carboxylic acids is 1. The standard InChI is InChI=1S/C13H18N2O2/c1-15-7-6-12(9-15)14-11-5-3-4-10(8-11)13(16)17-2/h3-5,8,12,14H,6-7,9H2,1-2H3. The van der Waals surface area contributed by atoms with Crippen LogP contribution in [0.3, 0.4) is 0 Å². The summed E-state index contributed by atoms with van der Waals surface area (Å²) in [6.45, 7) is 2.16. The van der Waals surface area contributed by atoms with Gasteiger partial charge in [-0.05, 0) is 38.2 Å². The molecule has 1 unspecified atom stereocenters. The van der Waals surface area contributed by atoms with Crippen LogP contribution in [0, 0.1) is 0 Å². The predicted molar refractivity (Wildman–Crippen MR) is 67.3 cm³/mol. The summed E-state index contributed by atoms with van der Waals surface area (Å²) in [7, 11) is 3.51. The number of nitrogens with zero attached hydrogens (tertiary/aromatic N) is 1. The van der Waals surface area contributed by atoms with E-state index in [-0.39, 0.29) is 5.97 Å². The Morgan fingerprint density at radius 1 is 1.53 bits per heavy atom. The smallest absolute Gasteiger partial charge is 0.337 e. The summed E-state index contributed by atoms with van der Waals surface area (Å²) in [5, 5.41) is 3.44. The average molecular weight is 234 g/mol. The monoisotopic (exact) mass is 234 g/mol. The van der Waals surface area contributed by atoms with E-state index in [4.69, 9.17) is 4.74 Å². The molecule has 1 aliphatic heterocycles.